The lowest BCUT2D eigenvalue weighted by molar-refractivity contribution is 0.758. The summed E-state index contributed by atoms with van der Waals surface area (Å²) in [6.07, 6.45) is 14.5. The average Bonchev–Trinajstić information content (AvgIpc) is 3.04. The minimum atomic E-state index is 0.435. The van der Waals surface area contributed by atoms with Crippen LogP contribution < -0.4 is 0 Å². The van der Waals surface area contributed by atoms with Crippen LogP contribution in [-0.4, -0.2) is 0 Å². The van der Waals surface area contributed by atoms with E-state index in [2.05, 4.69) is 121 Å². The molecule has 45 heavy (non-hydrogen) atoms. The van der Waals surface area contributed by atoms with E-state index in [-0.39, 0.29) is 0 Å². The number of hydrogen-bond acceptors (Lipinski definition) is 0. The molecule has 250 valence electrons. The van der Waals surface area contributed by atoms with Crippen molar-refractivity contribution in [2.45, 2.75) is 123 Å². The Labute approximate surface area is 283 Å². The van der Waals surface area contributed by atoms with Crippen LogP contribution in [0.15, 0.2) is 103 Å². The fourth-order valence-electron chi connectivity index (χ4n) is 3.62. The van der Waals surface area contributed by atoms with Crippen molar-refractivity contribution in [3.05, 3.63) is 131 Å². The second-order valence-corrected chi connectivity index (χ2v) is 9.60. The SMILES string of the molecule is C#Cc1cc(C#CC(=C)C)cc(CC(C)c2cccc(C)c2)c1.C=C(C)/C(=C/C=C\C)C(C)C.C=CC.CC.CC.CC.CC. The molecule has 0 nitrogen and oxygen atoms in total. The van der Waals surface area contributed by atoms with Crippen molar-refractivity contribution in [3.8, 4) is 24.2 Å². The standard InChI is InChI=1S/C23H22.C11H18.C3H6.4C2H6/c1-6-20-14-21(11-10-17(2)3)16-22(15-20)13-19(5)23-9-7-8-18(4)12-23;1-6-7-8-11(9(2)3)10(4)5;1-3-2;4*1-2/h1,7-9,12,14-16,19H,2,13H2,3-5H3;6-8,10H,2H2,1,3-5H3;3H,1H2,2H3;4*1-2H3/b;7-6-,11-8-;;;;;. The van der Waals surface area contributed by atoms with Gasteiger partial charge < -0.3 is 0 Å². The van der Waals surface area contributed by atoms with Gasteiger partial charge in [-0.3, -0.25) is 0 Å². The van der Waals surface area contributed by atoms with Crippen molar-refractivity contribution in [2.24, 2.45) is 5.92 Å². The van der Waals surface area contributed by atoms with Gasteiger partial charge in [0.15, 0.2) is 0 Å². The molecular formula is C45H70. The van der Waals surface area contributed by atoms with E-state index < -0.39 is 0 Å². The lowest BCUT2D eigenvalue weighted by Gasteiger charge is -2.13. The maximum absolute atomic E-state index is 5.59. The Morgan fingerprint density at radius 2 is 1.36 bits per heavy atom. The predicted octanol–water partition coefficient (Wildman–Crippen LogP) is 14.3. The van der Waals surface area contributed by atoms with E-state index in [1.807, 2.05) is 88.3 Å². The maximum Gasteiger partial charge on any atom is 0.0264 e. The van der Waals surface area contributed by atoms with E-state index in [4.69, 9.17) is 6.42 Å². The molecule has 0 saturated carbocycles. The summed E-state index contributed by atoms with van der Waals surface area (Å²) < 4.78 is 0. The largest absolute Gasteiger partial charge is 0.115 e. The molecule has 1 unspecified atom stereocenters. The Balaban J connectivity index is -0.000000203. The first-order valence-corrected chi connectivity index (χ1v) is 16.9. The number of allylic oxidation sites excluding steroid dienone is 7. The number of terminal acetylenes is 1. The van der Waals surface area contributed by atoms with E-state index in [0.717, 1.165) is 28.7 Å². The summed E-state index contributed by atoms with van der Waals surface area (Å²) >= 11 is 0. The van der Waals surface area contributed by atoms with E-state index in [1.165, 1.54) is 22.3 Å². The molecule has 0 N–H and O–H groups in total. The van der Waals surface area contributed by atoms with E-state index >= 15 is 0 Å². The van der Waals surface area contributed by atoms with E-state index in [9.17, 15) is 0 Å². The van der Waals surface area contributed by atoms with Crippen LogP contribution in [0.25, 0.3) is 0 Å². The Bertz CT molecular complexity index is 1190. The molecule has 0 amide bonds. The smallest absolute Gasteiger partial charge is 0.0264 e. The van der Waals surface area contributed by atoms with Gasteiger partial charge in [-0.25, -0.2) is 0 Å². The molecule has 2 aromatic carbocycles. The van der Waals surface area contributed by atoms with E-state index in [1.54, 1.807) is 6.08 Å². The van der Waals surface area contributed by atoms with Gasteiger partial charge in [0.25, 0.3) is 0 Å². The van der Waals surface area contributed by atoms with Crippen molar-refractivity contribution in [1.29, 1.82) is 0 Å². The summed E-state index contributed by atoms with van der Waals surface area (Å²) in [5.74, 6) is 9.89. The fraction of sp³-hybridized carbons (Fsp3) is 0.422. The zero-order valence-corrected chi connectivity index (χ0v) is 32.4. The van der Waals surface area contributed by atoms with Crippen molar-refractivity contribution < 1.29 is 0 Å². The first-order chi connectivity index (χ1) is 21.5. The van der Waals surface area contributed by atoms with Gasteiger partial charge in [0.05, 0.1) is 0 Å². The first kappa shape index (κ1) is 50.9. The molecule has 0 saturated heterocycles. The van der Waals surface area contributed by atoms with Gasteiger partial charge in [-0.15, -0.1) is 13.0 Å². The highest BCUT2D eigenvalue weighted by Gasteiger charge is 2.08. The Hall–Kier alpha value is -3.74. The highest BCUT2D eigenvalue weighted by Crippen LogP contribution is 2.22. The summed E-state index contributed by atoms with van der Waals surface area (Å²) in [4.78, 5) is 0. The summed E-state index contributed by atoms with van der Waals surface area (Å²) in [7, 11) is 0. The number of rotatable bonds is 6. The van der Waals surface area contributed by atoms with Gasteiger partial charge in [-0.05, 0) is 93.3 Å². The van der Waals surface area contributed by atoms with Crippen LogP contribution in [0, 0.1) is 37.0 Å². The molecule has 0 aliphatic carbocycles. The third-order valence-electron chi connectivity index (χ3n) is 5.32. The lowest BCUT2D eigenvalue weighted by Crippen LogP contribution is -2.00. The minimum absolute atomic E-state index is 0.435. The van der Waals surface area contributed by atoms with Gasteiger partial charge in [0.2, 0.25) is 0 Å². The molecule has 0 heterocycles. The van der Waals surface area contributed by atoms with Gasteiger partial charge in [0.1, 0.15) is 0 Å². The summed E-state index contributed by atoms with van der Waals surface area (Å²) in [6.45, 7) is 43.7. The molecule has 0 bridgehead atoms. The summed E-state index contributed by atoms with van der Waals surface area (Å²) in [5.41, 5.74) is 9.05. The average molecular weight is 611 g/mol. The first-order valence-electron chi connectivity index (χ1n) is 16.9. The second kappa shape index (κ2) is 36.5. The zero-order chi connectivity index (χ0) is 36.4. The maximum atomic E-state index is 5.59. The third-order valence-corrected chi connectivity index (χ3v) is 5.32. The molecule has 0 radical (unpaired) electrons. The highest BCUT2D eigenvalue weighted by atomic mass is 14.1. The van der Waals surface area contributed by atoms with Crippen LogP contribution in [0.3, 0.4) is 0 Å². The predicted molar refractivity (Wildman–Crippen MR) is 213 cm³/mol. The molecule has 2 aromatic rings. The summed E-state index contributed by atoms with van der Waals surface area (Å²) in [5, 5.41) is 0. The topological polar surface area (TPSA) is 0 Å². The molecule has 0 aliphatic rings. The highest BCUT2D eigenvalue weighted by molar-refractivity contribution is 5.48. The molecular weight excluding hydrogens is 540 g/mol. The molecule has 0 aromatic heterocycles. The lowest BCUT2D eigenvalue weighted by atomic mass is 9.91. The Morgan fingerprint density at radius 3 is 1.76 bits per heavy atom. The van der Waals surface area contributed by atoms with Crippen LogP contribution in [0.5, 0.6) is 0 Å². The van der Waals surface area contributed by atoms with Crippen LogP contribution in [0.2, 0.25) is 0 Å². The van der Waals surface area contributed by atoms with Gasteiger partial charge in [-0.2, -0.15) is 0 Å². The quantitative estimate of drug-likeness (QED) is 0.173. The van der Waals surface area contributed by atoms with Gasteiger partial charge in [0, 0.05) is 11.1 Å². The molecule has 0 fully saturated rings. The second-order valence-electron chi connectivity index (χ2n) is 9.60. The van der Waals surface area contributed by atoms with Crippen LogP contribution in [0.4, 0.5) is 0 Å². The molecule has 0 aliphatic heterocycles. The van der Waals surface area contributed by atoms with Crippen molar-refractivity contribution in [3.63, 3.8) is 0 Å². The van der Waals surface area contributed by atoms with Crippen LogP contribution in [0.1, 0.15) is 138 Å². The van der Waals surface area contributed by atoms with Crippen molar-refractivity contribution in [2.75, 3.05) is 0 Å². The number of hydrogen-bond donors (Lipinski definition) is 0. The Kier molecular flexibility index (Phi) is 41.2. The molecule has 0 heteroatoms. The third kappa shape index (κ3) is 28.8. The van der Waals surface area contributed by atoms with E-state index in [0.29, 0.717) is 11.8 Å². The number of benzene rings is 2. The monoisotopic (exact) mass is 611 g/mol. The molecule has 0 spiro atoms. The minimum Gasteiger partial charge on any atom is -0.115 e. The van der Waals surface area contributed by atoms with Crippen LogP contribution >= 0.6 is 0 Å². The van der Waals surface area contributed by atoms with Crippen molar-refractivity contribution in [1.82, 2.24) is 0 Å². The van der Waals surface area contributed by atoms with Crippen molar-refractivity contribution >= 4 is 0 Å². The number of aryl methyl sites for hydroxylation is 1. The normalized spacial score (nSPS) is 9.64. The molecule has 2 rings (SSSR count). The zero-order valence-electron chi connectivity index (χ0n) is 32.4. The fourth-order valence-corrected chi connectivity index (χ4v) is 3.62. The van der Waals surface area contributed by atoms with Gasteiger partial charge >= 0.3 is 0 Å². The summed E-state index contributed by atoms with van der Waals surface area (Å²) in [6, 6.07) is 14.8. The molecule has 1 atom stereocenters. The van der Waals surface area contributed by atoms with Crippen LogP contribution in [-0.2, 0) is 6.42 Å². The van der Waals surface area contributed by atoms with Gasteiger partial charge in [-0.1, -0.05) is 167 Å². The Morgan fingerprint density at radius 1 is 0.844 bits per heavy atom.